The number of ether oxygens (including phenoxy) is 1. The van der Waals surface area contributed by atoms with Crippen LogP contribution in [0, 0.1) is 10.1 Å². The molecule has 0 radical (unpaired) electrons. The normalized spacial score (nSPS) is 10.0. The Morgan fingerprint density at radius 2 is 2.05 bits per heavy atom. The molecule has 1 amide bonds. The van der Waals surface area contributed by atoms with Crippen molar-refractivity contribution in [1.82, 2.24) is 4.98 Å². The molecule has 1 aromatic carbocycles. The van der Waals surface area contributed by atoms with Crippen LogP contribution in [0.15, 0.2) is 48.8 Å². The van der Waals surface area contributed by atoms with Gasteiger partial charge in [-0.15, -0.1) is 0 Å². The summed E-state index contributed by atoms with van der Waals surface area (Å²) in [6.45, 7) is 2.23. The number of carbonyl (C=O) groups excluding carboxylic acids is 1. The van der Waals surface area contributed by atoms with E-state index in [0.717, 1.165) is 5.56 Å². The molecule has 0 atom stereocenters. The smallest absolute Gasteiger partial charge is 0.414 e. The summed E-state index contributed by atoms with van der Waals surface area (Å²) in [5.41, 5.74) is 1.32. The maximum absolute atomic E-state index is 12.1. The second-order valence-corrected chi connectivity index (χ2v) is 4.42. The molecule has 0 aliphatic carbocycles. The molecular formula is C15H15N3O4. The Balaban J connectivity index is 2.27. The Morgan fingerprint density at radius 1 is 1.32 bits per heavy atom. The van der Waals surface area contributed by atoms with Crippen molar-refractivity contribution in [3.05, 3.63) is 64.5 Å². The fourth-order valence-electron chi connectivity index (χ4n) is 1.89. The number of carbonyl (C=O) groups is 1. The van der Waals surface area contributed by atoms with Crippen molar-refractivity contribution < 1.29 is 14.5 Å². The molecule has 0 unspecified atom stereocenters. The van der Waals surface area contributed by atoms with Gasteiger partial charge in [-0.1, -0.05) is 6.07 Å². The second-order valence-electron chi connectivity index (χ2n) is 4.42. The zero-order valence-electron chi connectivity index (χ0n) is 12.0. The molecule has 2 rings (SSSR count). The summed E-state index contributed by atoms with van der Waals surface area (Å²) in [7, 11) is 0. The maximum atomic E-state index is 12.1. The monoisotopic (exact) mass is 301 g/mol. The van der Waals surface area contributed by atoms with E-state index in [2.05, 4.69) is 4.98 Å². The summed E-state index contributed by atoms with van der Waals surface area (Å²) in [5, 5.41) is 10.7. The van der Waals surface area contributed by atoms with E-state index in [4.69, 9.17) is 4.74 Å². The Labute approximate surface area is 127 Å². The quantitative estimate of drug-likeness (QED) is 0.625. The highest BCUT2D eigenvalue weighted by atomic mass is 16.6. The van der Waals surface area contributed by atoms with Gasteiger partial charge < -0.3 is 4.74 Å². The molecule has 0 bridgehead atoms. The molecule has 0 saturated carbocycles. The van der Waals surface area contributed by atoms with Crippen LogP contribution >= 0.6 is 0 Å². The van der Waals surface area contributed by atoms with Gasteiger partial charge in [-0.3, -0.25) is 20.0 Å². The molecule has 22 heavy (non-hydrogen) atoms. The van der Waals surface area contributed by atoms with Crippen molar-refractivity contribution in [3.8, 4) is 0 Å². The standard InChI is InChI=1S/C15H15N3O4/c1-2-22-15(19)17(11-12-4-3-9-16-10-12)13-5-7-14(8-6-13)18(20)21/h3-10H,2,11H2,1H3. The Morgan fingerprint density at radius 3 is 2.59 bits per heavy atom. The molecule has 0 fully saturated rings. The number of nitro groups is 1. The lowest BCUT2D eigenvalue weighted by atomic mass is 10.2. The first-order valence-corrected chi connectivity index (χ1v) is 6.69. The minimum atomic E-state index is -0.514. The van der Waals surface area contributed by atoms with Crippen molar-refractivity contribution in [1.29, 1.82) is 0 Å². The van der Waals surface area contributed by atoms with E-state index in [1.807, 2.05) is 6.07 Å². The minimum absolute atomic E-state index is 0.0334. The molecule has 0 spiro atoms. The van der Waals surface area contributed by atoms with Crippen LogP contribution in [-0.2, 0) is 11.3 Å². The van der Waals surface area contributed by atoms with Crippen molar-refractivity contribution in [2.45, 2.75) is 13.5 Å². The first kappa shape index (κ1) is 15.4. The Hall–Kier alpha value is -2.96. The molecule has 0 aliphatic rings. The molecule has 1 aromatic heterocycles. The van der Waals surface area contributed by atoms with E-state index in [-0.39, 0.29) is 18.8 Å². The third-order valence-corrected chi connectivity index (χ3v) is 2.92. The predicted octanol–water partition coefficient (Wildman–Crippen LogP) is 3.15. The number of benzene rings is 1. The Kier molecular flexibility index (Phi) is 5.02. The summed E-state index contributed by atoms with van der Waals surface area (Å²) < 4.78 is 5.04. The van der Waals surface area contributed by atoms with Crippen LogP contribution in [0.5, 0.6) is 0 Å². The molecule has 0 saturated heterocycles. The highest BCUT2D eigenvalue weighted by Crippen LogP contribution is 2.22. The first-order chi connectivity index (χ1) is 10.6. The van der Waals surface area contributed by atoms with Crippen LogP contribution < -0.4 is 4.90 Å². The van der Waals surface area contributed by atoms with Crippen molar-refractivity contribution in [2.24, 2.45) is 0 Å². The van der Waals surface area contributed by atoms with Gasteiger partial charge in [-0.05, 0) is 30.7 Å². The van der Waals surface area contributed by atoms with Gasteiger partial charge in [0.25, 0.3) is 5.69 Å². The van der Waals surface area contributed by atoms with Crippen LogP contribution in [0.1, 0.15) is 12.5 Å². The van der Waals surface area contributed by atoms with Crippen molar-refractivity contribution >= 4 is 17.5 Å². The van der Waals surface area contributed by atoms with Gasteiger partial charge in [0.1, 0.15) is 0 Å². The van der Waals surface area contributed by atoms with E-state index in [1.165, 1.54) is 29.2 Å². The lowest BCUT2D eigenvalue weighted by Gasteiger charge is -2.21. The van der Waals surface area contributed by atoms with Gasteiger partial charge in [0.2, 0.25) is 0 Å². The number of hydrogen-bond acceptors (Lipinski definition) is 5. The lowest BCUT2D eigenvalue weighted by Crippen LogP contribution is -2.31. The van der Waals surface area contributed by atoms with Crippen LogP contribution in [0.4, 0.5) is 16.2 Å². The molecule has 7 heteroatoms. The molecular weight excluding hydrogens is 286 g/mol. The number of rotatable bonds is 5. The number of nitrogens with zero attached hydrogens (tertiary/aromatic N) is 3. The minimum Gasteiger partial charge on any atom is -0.449 e. The average molecular weight is 301 g/mol. The topological polar surface area (TPSA) is 85.6 Å². The van der Waals surface area contributed by atoms with E-state index in [9.17, 15) is 14.9 Å². The third kappa shape index (κ3) is 3.78. The van der Waals surface area contributed by atoms with Gasteiger partial charge in [0, 0.05) is 30.2 Å². The molecule has 0 aliphatic heterocycles. The third-order valence-electron chi connectivity index (χ3n) is 2.92. The largest absolute Gasteiger partial charge is 0.449 e. The van der Waals surface area contributed by atoms with Gasteiger partial charge in [-0.2, -0.15) is 0 Å². The molecule has 114 valence electrons. The molecule has 1 heterocycles. The summed E-state index contributed by atoms with van der Waals surface area (Å²) in [4.78, 5) is 27.7. The van der Waals surface area contributed by atoms with Crippen LogP contribution in [-0.4, -0.2) is 22.6 Å². The predicted molar refractivity (Wildman–Crippen MR) is 80.5 cm³/mol. The average Bonchev–Trinajstić information content (AvgIpc) is 2.54. The van der Waals surface area contributed by atoms with E-state index >= 15 is 0 Å². The van der Waals surface area contributed by atoms with E-state index in [1.54, 1.807) is 25.4 Å². The highest BCUT2D eigenvalue weighted by Gasteiger charge is 2.18. The molecule has 0 N–H and O–H groups in total. The van der Waals surface area contributed by atoms with E-state index < -0.39 is 11.0 Å². The number of pyridine rings is 1. The van der Waals surface area contributed by atoms with Crippen LogP contribution in [0.25, 0.3) is 0 Å². The van der Waals surface area contributed by atoms with Crippen molar-refractivity contribution in [2.75, 3.05) is 11.5 Å². The number of anilines is 1. The van der Waals surface area contributed by atoms with Gasteiger partial charge in [0.05, 0.1) is 18.1 Å². The molecule has 2 aromatic rings. The summed E-state index contributed by atoms with van der Waals surface area (Å²) in [6, 6.07) is 9.35. The summed E-state index contributed by atoms with van der Waals surface area (Å²) in [5.74, 6) is 0. The van der Waals surface area contributed by atoms with Crippen LogP contribution in [0.2, 0.25) is 0 Å². The van der Waals surface area contributed by atoms with Gasteiger partial charge in [0.15, 0.2) is 0 Å². The van der Waals surface area contributed by atoms with E-state index in [0.29, 0.717) is 5.69 Å². The molecule has 7 nitrogen and oxygen atoms in total. The number of non-ortho nitro benzene ring substituents is 1. The number of aromatic nitrogens is 1. The SMILES string of the molecule is CCOC(=O)N(Cc1cccnc1)c1ccc([N+](=O)[O-])cc1. The van der Waals surface area contributed by atoms with Crippen LogP contribution in [0.3, 0.4) is 0 Å². The number of amides is 1. The number of hydrogen-bond donors (Lipinski definition) is 0. The first-order valence-electron chi connectivity index (χ1n) is 6.69. The second kappa shape index (κ2) is 7.16. The zero-order valence-corrected chi connectivity index (χ0v) is 12.0. The van der Waals surface area contributed by atoms with Crippen molar-refractivity contribution in [3.63, 3.8) is 0 Å². The fourth-order valence-corrected chi connectivity index (χ4v) is 1.89. The summed E-state index contributed by atoms with van der Waals surface area (Å²) in [6.07, 6.45) is 2.78. The number of nitro benzene ring substituents is 1. The zero-order chi connectivity index (χ0) is 15.9. The fraction of sp³-hybridized carbons (Fsp3) is 0.200. The highest BCUT2D eigenvalue weighted by molar-refractivity contribution is 5.87. The summed E-state index contributed by atoms with van der Waals surface area (Å²) >= 11 is 0. The van der Waals surface area contributed by atoms with Gasteiger partial charge >= 0.3 is 6.09 Å². The Bertz CT molecular complexity index is 644. The maximum Gasteiger partial charge on any atom is 0.414 e. The lowest BCUT2D eigenvalue weighted by molar-refractivity contribution is -0.384. The van der Waals surface area contributed by atoms with Gasteiger partial charge in [-0.25, -0.2) is 4.79 Å².